The van der Waals surface area contributed by atoms with Crippen LogP contribution < -0.4 is 5.32 Å². The number of amides is 2. The maximum atomic E-state index is 12.5. The number of benzene rings is 1. The van der Waals surface area contributed by atoms with Crippen LogP contribution in [0.25, 0.3) is 0 Å². The Labute approximate surface area is 150 Å². The summed E-state index contributed by atoms with van der Waals surface area (Å²) in [5.41, 5.74) is -0.191. The molecule has 1 atom stereocenters. The van der Waals surface area contributed by atoms with Gasteiger partial charge in [0.1, 0.15) is 0 Å². The molecule has 1 aliphatic heterocycles. The largest absolute Gasteiger partial charge is 0.416 e. The number of carbonyl (C=O) groups excluding carboxylic acids is 2. The number of rotatable bonds is 5. The number of carbonyl (C=O) groups is 2. The van der Waals surface area contributed by atoms with Crippen LogP contribution in [0.15, 0.2) is 24.3 Å². The van der Waals surface area contributed by atoms with Gasteiger partial charge in [-0.15, -0.1) is 0 Å². The minimum Gasteiger partial charge on any atom is -0.355 e. The number of nitrogens with zero attached hydrogens (tertiary/aromatic N) is 1. The van der Waals surface area contributed by atoms with Gasteiger partial charge in [0.2, 0.25) is 11.8 Å². The summed E-state index contributed by atoms with van der Waals surface area (Å²) in [6, 6.07) is 4.97. The lowest BCUT2D eigenvalue weighted by molar-refractivity contribution is -0.137. The molecule has 2 aliphatic rings. The van der Waals surface area contributed by atoms with E-state index < -0.39 is 11.7 Å². The van der Waals surface area contributed by atoms with Crippen molar-refractivity contribution >= 4 is 11.8 Å². The van der Waals surface area contributed by atoms with Gasteiger partial charge in [-0.3, -0.25) is 9.59 Å². The lowest BCUT2D eigenvalue weighted by Crippen LogP contribution is -2.36. The van der Waals surface area contributed by atoms with Gasteiger partial charge in [0.05, 0.1) is 12.0 Å². The third kappa shape index (κ3) is 4.56. The second-order valence-electron chi connectivity index (χ2n) is 7.23. The van der Waals surface area contributed by atoms with Gasteiger partial charge in [-0.1, -0.05) is 25.0 Å². The Kier molecular flexibility index (Phi) is 5.53. The van der Waals surface area contributed by atoms with Gasteiger partial charge in [-0.2, -0.15) is 13.2 Å². The Morgan fingerprint density at radius 3 is 2.42 bits per heavy atom. The van der Waals surface area contributed by atoms with Crippen LogP contribution in [0, 0.1) is 5.92 Å². The first-order chi connectivity index (χ1) is 12.3. The second kappa shape index (κ2) is 7.68. The Morgan fingerprint density at radius 2 is 1.81 bits per heavy atom. The number of nitrogens with one attached hydrogen (secondary N) is 1. The average molecular weight is 368 g/mol. The van der Waals surface area contributed by atoms with Crippen molar-refractivity contribution < 1.29 is 22.8 Å². The van der Waals surface area contributed by atoms with Crippen LogP contribution in [-0.4, -0.2) is 35.8 Å². The van der Waals surface area contributed by atoms with Crippen LogP contribution in [0.2, 0.25) is 0 Å². The number of halogens is 3. The van der Waals surface area contributed by atoms with E-state index in [9.17, 15) is 22.8 Å². The van der Waals surface area contributed by atoms with Crippen molar-refractivity contribution in [2.45, 2.75) is 50.7 Å². The van der Waals surface area contributed by atoms with E-state index in [0.29, 0.717) is 31.1 Å². The first kappa shape index (κ1) is 18.7. The maximum Gasteiger partial charge on any atom is 0.416 e. The van der Waals surface area contributed by atoms with Gasteiger partial charge in [-0.25, -0.2) is 0 Å². The fourth-order valence-corrected chi connectivity index (χ4v) is 3.83. The van der Waals surface area contributed by atoms with Gasteiger partial charge >= 0.3 is 6.18 Å². The van der Waals surface area contributed by atoms with Crippen molar-refractivity contribution in [3.8, 4) is 0 Å². The first-order valence-corrected chi connectivity index (χ1v) is 9.05. The molecule has 7 heteroatoms. The molecule has 0 aromatic heterocycles. The number of hydrogen-bond acceptors (Lipinski definition) is 2. The fraction of sp³-hybridized carbons (Fsp3) is 0.579. The molecule has 0 radical (unpaired) electrons. The van der Waals surface area contributed by atoms with Crippen LogP contribution in [-0.2, 0) is 22.2 Å². The Balaban J connectivity index is 1.45. The molecule has 0 spiro atoms. The molecule has 2 amide bonds. The molecule has 0 bridgehead atoms. The van der Waals surface area contributed by atoms with Gasteiger partial charge < -0.3 is 10.2 Å². The summed E-state index contributed by atoms with van der Waals surface area (Å²) in [7, 11) is 0. The highest BCUT2D eigenvalue weighted by molar-refractivity contribution is 5.80. The molecule has 26 heavy (non-hydrogen) atoms. The molecule has 1 N–H and O–H groups in total. The van der Waals surface area contributed by atoms with E-state index in [4.69, 9.17) is 0 Å². The monoisotopic (exact) mass is 368 g/mol. The van der Waals surface area contributed by atoms with E-state index in [1.165, 1.54) is 25.0 Å². The van der Waals surface area contributed by atoms with E-state index >= 15 is 0 Å². The molecule has 142 valence electrons. The van der Waals surface area contributed by atoms with Crippen molar-refractivity contribution in [3.05, 3.63) is 35.4 Å². The molecule has 1 aliphatic carbocycles. The second-order valence-corrected chi connectivity index (χ2v) is 7.23. The van der Waals surface area contributed by atoms with Crippen molar-refractivity contribution in [1.29, 1.82) is 0 Å². The predicted molar refractivity (Wildman–Crippen MR) is 90.2 cm³/mol. The minimum absolute atomic E-state index is 0.0329. The highest BCUT2D eigenvalue weighted by atomic mass is 19.4. The number of hydrogen-bond donors (Lipinski definition) is 1. The number of alkyl halides is 3. The zero-order chi connectivity index (χ0) is 18.7. The fourth-order valence-electron chi connectivity index (χ4n) is 3.83. The molecule has 4 nitrogen and oxygen atoms in total. The topological polar surface area (TPSA) is 49.4 Å². The summed E-state index contributed by atoms with van der Waals surface area (Å²) in [6.45, 7) is 1.11. The molecule has 1 aromatic carbocycles. The zero-order valence-corrected chi connectivity index (χ0v) is 14.5. The standard InChI is InChI=1S/C19H23F3N2O2/c20-19(21,22)15-7-5-13(6-8-15)9-17(25)23-11-14-10-18(26)24(12-14)16-3-1-2-4-16/h5-8,14,16H,1-4,9-12H2,(H,23,25)/t14-/m1/s1. The molecule has 1 saturated heterocycles. The normalized spacial score (nSPS) is 21.4. The van der Waals surface area contributed by atoms with Crippen molar-refractivity contribution in [2.75, 3.05) is 13.1 Å². The van der Waals surface area contributed by atoms with Gasteiger partial charge in [0.15, 0.2) is 0 Å². The van der Waals surface area contributed by atoms with Gasteiger partial charge in [0.25, 0.3) is 0 Å². The molecule has 2 fully saturated rings. The summed E-state index contributed by atoms with van der Waals surface area (Å²) >= 11 is 0. The summed E-state index contributed by atoms with van der Waals surface area (Å²) in [5, 5.41) is 2.81. The van der Waals surface area contributed by atoms with E-state index in [0.717, 1.165) is 25.0 Å². The predicted octanol–water partition coefficient (Wildman–Crippen LogP) is 3.16. The Hall–Kier alpha value is -2.05. The van der Waals surface area contributed by atoms with E-state index in [1.807, 2.05) is 4.90 Å². The lowest BCUT2D eigenvalue weighted by Gasteiger charge is -2.24. The molecule has 1 aromatic rings. The van der Waals surface area contributed by atoms with Crippen LogP contribution in [0.1, 0.15) is 43.2 Å². The number of likely N-dealkylation sites (tertiary alicyclic amines) is 1. The van der Waals surface area contributed by atoms with Crippen LogP contribution in [0.5, 0.6) is 0 Å². The van der Waals surface area contributed by atoms with Crippen LogP contribution >= 0.6 is 0 Å². The molecule has 1 heterocycles. The maximum absolute atomic E-state index is 12.5. The minimum atomic E-state index is -4.37. The molecule has 0 unspecified atom stereocenters. The highest BCUT2D eigenvalue weighted by Crippen LogP contribution is 2.30. The average Bonchev–Trinajstić information content (AvgIpc) is 3.22. The Morgan fingerprint density at radius 1 is 1.15 bits per heavy atom. The first-order valence-electron chi connectivity index (χ1n) is 9.05. The van der Waals surface area contributed by atoms with E-state index in [-0.39, 0.29) is 24.2 Å². The third-order valence-electron chi connectivity index (χ3n) is 5.24. The Bertz CT molecular complexity index is 652. The van der Waals surface area contributed by atoms with Crippen molar-refractivity contribution in [2.24, 2.45) is 5.92 Å². The quantitative estimate of drug-likeness (QED) is 0.868. The molecular formula is C19H23F3N2O2. The zero-order valence-electron chi connectivity index (χ0n) is 14.5. The van der Waals surface area contributed by atoms with Crippen molar-refractivity contribution in [1.82, 2.24) is 10.2 Å². The van der Waals surface area contributed by atoms with Gasteiger partial charge in [0, 0.05) is 31.5 Å². The lowest BCUT2D eigenvalue weighted by atomic mass is 10.1. The highest BCUT2D eigenvalue weighted by Gasteiger charge is 2.35. The smallest absolute Gasteiger partial charge is 0.355 e. The SMILES string of the molecule is O=C(Cc1ccc(C(F)(F)F)cc1)NC[C@H]1CC(=O)N(C2CCCC2)C1. The summed E-state index contributed by atoms with van der Waals surface area (Å²) in [6.07, 6.45) is 0.590. The molecular weight excluding hydrogens is 345 g/mol. The van der Waals surface area contributed by atoms with E-state index in [2.05, 4.69) is 5.32 Å². The summed E-state index contributed by atoms with van der Waals surface area (Å²) < 4.78 is 37.6. The molecule has 3 rings (SSSR count). The van der Waals surface area contributed by atoms with E-state index in [1.54, 1.807) is 0 Å². The van der Waals surface area contributed by atoms with Crippen LogP contribution in [0.3, 0.4) is 0 Å². The van der Waals surface area contributed by atoms with Gasteiger partial charge in [-0.05, 0) is 30.5 Å². The van der Waals surface area contributed by atoms with Crippen LogP contribution in [0.4, 0.5) is 13.2 Å². The summed E-state index contributed by atoms with van der Waals surface area (Å²) in [4.78, 5) is 26.1. The molecule has 1 saturated carbocycles. The summed E-state index contributed by atoms with van der Waals surface area (Å²) in [5.74, 6) is 0.0371. The van der Waals surface area contributed by atoms with Crippen molar-refractivity contribution in [3.63, 3.8) is 0 Å². The third-order valence-corrected chi connectivity index (χ3v) is 5.24.